The van der Waals surface area contributed by atoms with Gasteiger partial charge in [-0.05, 0) is 26.3 Å². The van der Waals surface area contributed by atoms with Gasteiger partial charge in [-0.15, -0.1) is 0 Å². The third kappa shape index (κ3) is 3.35. The number of aromatic nitrogens is 2. The predicted octanol–water partition coefficient (Wildman–Crippen LogP) is 1.44. The summed E-state index contributed by atoms with van der Waals surface area (Å²) in [5, 5.41) is 14.8. The van der Waals surface area contributed by atoms with E-state index in [1.54, 1.807) is 6.20 Å². The van der Waals surface area contributed by atoms with Crippen LogP contribution in [0.1, 0.15) is 39.0 Å². The van der Waals surface area contributed by atoms with Gasteiger partial charge in [0, 0.05) is 31.9 Å². The third-order valence-electron chi connectivity index (χ3n) is 3.70. The van der Waals surface area contributed by atoms with Crippen LogP contribution >= 0.6 is 0 Å². The molecule has 1 N–H and O–H groups in total. The molecule has 1 fully saturated rings. The summed E-state index contributed by atoms with van der Waals surface area (Å²) in [6.45, 7) is 9.69. The van der Waals surface area contributed by atoms with Gasteiger partial charge in [0.15, 0.2) is 0 Å². The molecule has 1 aliphatic rings. The molecule has 1 saturated heterocycles. The number of ether oxygens (including phenoxy) is 1. The van der Waals surface area contributed by atoms with Gasteiger partial charge in [-0.3, -0.25) is 9.58 Å². The molecular formula is C14H25N3O2. The fraction of sp³-hybridized carbons (Fsp3) is 0.786. The van der Waals surface area contributed by atoms with Gasteiger partial charge in [0.1, 0.15) is 12.2 Å². The summed E-state index contributed by atoms with van der Waals surface area (Å²) < 4.78 is 7.62. The normalized spacial score (nSPS) is 22.9. The highest BCUT2D eigenvalue weighted by atomic mass is 16.5. The molecular weight excluding hydrogens is 242 g/mol. The topological polar surface area (TPSA) is 50.5 Å². The minimum absolute atomic E-state index is 0.163. The monoisotopic (exact) mass is 267 g/mol. The number of rotatable bonds is 5. The van der Waals surface area contributed by atoms with Gasteiger partial charge in [0.05, 0.1) is 12.3 Å². The molecule has 0 radical (unpaired) electrons. The van der Waals surface area contributed by atoms with Crippen LogP contribution in [-0.4, -0.2) is 51.6 Å². The van der Waals surface area contributed by atoms with Crippen LogP contribution in [0.2, 0.25) is 0 Å². The van der Waals surface area contributed by atoms with Gasteiger partial charge >= 0.3 is 0 Å². The molecule has 0 bridgehead atoms. The lowest BCUT2D eigenvalue weighted by atomic mass is 10.1. The average molecular weight is 267 g/mol. The largest absolute Gasteiger partial charge is 0.384 e. The van der Waals surface area contributed by atoms with Gasteiger partial charge in [0.25, 0.3) is 0 Å². The van der Waals surface area contributed by atoms with Gasteiger partial charge < -0.3 is 9.84 Å². The highest BCUT2D eigenvalue weighted by molar-refractivity contribution is 5.07. The van der Waals surface area contributed by atoms with Crippen LogP contribution < -0.4 is 0 Å². The lowest BCUT2D eigenvalue weighted by molar-refractivity contribution is -0.0983. The van der Waals surface area contributed by atoms with Crippen molar-refractivity contribution in [2.24, 2.45) is 0 Å². The quantitative estimate of drug-likeness (QED) is 0.877. The molecule has 0 spiro atoms. The number of hydrogen-bond donors (Lipinski definition) is 1. The van der Waals surface area contributed by atoms with Crippen LogP contribution in [0.25, 0.3) is 0 Å². The zero-order chi connectivity index (χ0) is 13.8. The smallest absolute Gasteiger partial charge is 0.123 e. The SMILES string of the molecule is CCCn1nccc1C(O)C1CN(C(C)C)CCO1. The first kappa shape index (κ1) is 14.5. The standard InChI is InChI=1S/C14H25N3O2/c1-4-7-17-12(5-6-15-17)14(18)13-10-16(11(2)3)8-9-19-13/h5-6,11,13-14,18H,4,7-10H2,1-3H3. The van der Waals surface area contributed by atoms with Crippen molar-refractivity contribution in [1.82, 2.24) is 14.7 Å². The van der Waals surface area contributed by atoms with Crippen molar-refractivity contribution in [2.75, 3.05) is 19.7 Å². The fourth-order valence-electron chi connectivity index (χ4n) is 2.54. The molecule has 1 aromatic rings. The summed E-state index contributed by atoms with van der Waals surface area (Å²) in [4.78, 5) is 2.35. The van der Waals surface area contributed by atoms with E-state index >= 15 is 0 Å². The van der Waals surface area contributed by atoms with Crippen LogP contribution in [0.5, 0.6) is 0 Å². The summed E-state index contributed by atoms with van der Waals surface area (Å²) in [7, 11) is 0. The maximum absolute atomic E-state index is 10.5. The maximum Gasteiger partial charge on any atom is 0.123 e. The summed E-state index contributed by atoms with van der Waals surface area (Å²) in [6, 6.07) is 2.37. The Labute approximate surface area is 115 Å². The number of aliphatic hydroxyl groups excluding tert-OH is 1. The van der Waals surface area contributed by atoms with E-state index in [9.17, 15) is 5.11 Å². The first-order chi connectivity index (χ1) is 9.13. The molecule has 0 aromatic carbocycles. The van der Waals surface area contributed by atoms with Crippen LogP contribution in [0, 0.1) is 0 Å². The Morgan fingerprint density at radius 2 is 2.32 bits per heavy atom. The summed E-state index contributed by atoms with van der Waals surface area (Å²) in [5.74, 6) is 0. The second-order valence-corrected chi connectivity index (χ2v) is 5.42. The molecule has 0 amide bonds. The molecule has 0 aliphatic carbocycles. The van der Waals surface area contributed by atoms with E-state index in [0.29, 0.717) is 12.6 Å². The summed E-state index contributed by atoms with van der Waals surface area (Å²) in [5.41, 5.74) is 0.859. The molecule has 5 nitrogen and oxygen atoms in total. The number of aliphatic hydroxyl groups is 1. The first-order valence-corrected chi connectivity index (χ1v) is 7.19. The highest BCUT2D eigenvalue weighted by Gasteiger charge is 2.30. The van der Waals surface area contributed by atoms with Gasteiger partial charge in [-0.25, -0.2) is 0 Å². The Balaban J connectivity index is 2.05. The van der Waals surface area contributed by atoms with Crippen LogP contribution in [0.3, 0.4) is 0 Å². The van der Waals surface area contributed by atoms with Gasteiger partial charge in [-0.2, -0.15) is 5.10 Å². The second kappa shape index (κ2) is 6.50. The summed E-state index contributed by atoms with van der Waals surface area (Å²) in [6.07, 6.45) is 1.99. The molecule has 2 heterocycles. The van der Waals surface area contributed by atoms with Crippen molar-refractivity contribution in [3.8, 4) is 0 Å². The zero-order valence-corrected chi connectivity index (χ0v) is 12.1. The van der Waals surface area contributed by atoms with Crippen LogP contribution in [0.4, 0.5) is 0 Å². The number of aryl methyl sites for hydroxylation is 1. The molecule has 19 heavy (non-hydrogen) atoms. The Morgan fingerprint density at radius 1 is 1.53 bits per heavy atom. The van der Waals surface area contributed by atoms with E-state index in [1.165, 1.54) is 0 Å². The number of hydrogen-bond acceptors (Lipinski definition) is 4. The lowest BCUT2D eigenvalue weighted by Crippen LogP contribution is -2.48. The fourth-order valence-corrected chi connectivity index (χ4v) is 2.54. The van der Waals surface area contributed by atoms with Crippen molar-refractivity contribution in [3.05, 3.63) is 18.0 Å². The van der Waals surface area contributed by atoms with E-state index in [0.717, 1.165) is 31.7 Å². The second-order valence-electron chi connectivity index (χ2n) is 5.42. The van der Waals surface area contributed by atoms with E-state index in [1.807, 2.05) is 10.7 Å². The molecule has 1 aliphatic heterocycles. The van der Waals surface area contributed by atoms with Crippen molar-refractivity contribution in [1.29, 1.82) is 0 Å². The third-order valence-corrected chi connectivity index (χ3v) is 3.70. The minimum Gasteiger partial charge on any atom is -0.384 e. The molecule has 5 heteroatoms. The van der Waals surface area contributed by atoms with E-state index in [4.69, 9.17) is 4.74 Å². The van der Waals surface area contributed by atoms with Crippen molar-refractivity contribution in [3.63, 3.8) is 0 Å². The van der Waals surface area contributed by atoms with E-state index < -0.39 is 6.10 Å². The molecule has 2 atom stereocenters. The highest BCUT2D eigenvalue weighted by Crippen LogP contribution is 2.23. The minimum atomic E-state index is -0.601. The Kier molecular flexibility index (Phi) is 4.96. The Hall–Kier alpha value is -0.910. The van der Waals surface area contributed by atoms with E-state index in [-0.39, 0.29) is 6.10 Å². The first-order valence-electron chi connectivity index (χ1n) is 7.19. The molecule has 2 rings (SSSR count). The Morgan fingerprint density at radius 3 is 3.00 bits per heavy atom. The maximum atomic E-state index is 10.5. The van der Waals surface area contributed by atoms with Crippen molar-refractivity contribution >= 4 is 0 Å². The summed E-state index contributed by atoms with van der Waals surface area (Å²) >= 11 is 0. The zero-order valence-electron chi connectivity index (χ0n) is 12.1. The van der Waals surface area contributed by atoms with Gasteiger partial charge in [0.2, 0.25) is 0 Å². The number of morpholine rings is 1. The van der Waals surface area contributed by atoms with Crippen molar-refractivity contribution < 1.29 is 9.84 Å². The molecule has 1 aromatic heterocycles. The van der Waals surface area contributed by atoms with Gasteiger partial charge in [-0.1, -0.05) is 6.92 Å². The van der Waals surface area contributed by atoms with E-state index in [2.05, 4.69) is 30.8 Å². The number of nitrogens with zero attached hydrogens (tertiary/aromatic N) is 3. The van der Waals surface area contributed by atoms with Crippen LogP contribution in [-0.2, 0) is 11.3 Å². The molecule has 108 valence electrons. The average Bonchev–Trinajstić information content (AvgIpc) is 2.86. The molecule has 0 saturated carbocycles. The predicted molar refractivity (Wildman–Crippen MR) is 73.9 cm³/mol. The Bertz CT molecular complexity index is 392. The lowest BCUT2D eigenvalue weighted by Gasteiger charge is -2.37. The van der Waals surface area contributed by atoms with Crippen LogP contribution in [0.15, 0.2) is 12.3 Å². The van der Waals surface area contributed by atoms with Crippen molar-refractivity contribution in [2.45, 2.75) is 52.0 Å². The molecule has 2 unspecified atom stereocenters.